The standard InChI is InChI=1S/C10H15ClN4S.ClH/c1-16-10-14-8(11)5-9(15-10)13-7-3-2-4-12-6-7;/h5,7,12H,2-4,6H2,1H3,(H,13,14,15);1H/t7-;/m1./s1. The van der Waals surface area contributed by atoms with Crippen LogP contribution in [-0.4, -0.2) is 35.4 Å². The average molecular weight is 295 g/mol. The van der Waals surface area contributed by atoms with Gasteiger partial charge in [-0.15, -0.1) is 12.4 Å². The van der Waals surface area contributed by atoms with Crippen LogP contribution in [-0.2, 0) is 0 Å². The highest BCUT2D eigenvalue weighted by molar-refractivity contribution is 7.98. The van der Waals surface area contributed by atoms with E-state index < -0.39 is 0 Å². The van der Waals surface area contributed by atoms with Crippen LogP contribution in [0.5, 0.6) is 0 Å². The molecule has 1 aliphatic heterocycles. The summed E-state index contributed by atoms with van der Waals surface area (Å²) in [5.41, 5.74) is 0. The lowest BCUT2D eigenvalue weighted by atomic mass is 10.1. The summed E-state index contributed by atoms with van der Waals surface area (Å²) in [6.07, 6.45) is 4.31. The van der Waals surface area contributed by atoms with Gasteiger partial charge in [-0.25, -0.2) is 9.97 Å². The number of thioether (sulfide) groups is 1. The van der Waals surface area contributed by atoms with Crippen molar-refractivity contribution in [2.24, 2.45) is 0 Å². The topological polar surface area (TPSA) is 49.8 Å². The normalized spacial score (nSPS) is 19.5. The van der Waals surface area contributed by atoms with Crippen LogP contribution in [0.25, 0.3) is 0 Å². The van der Waals surface area contributed by atoms with Crippen molar-refractivity contribution in [3.05, 3.63) is 11.2 Å². The zero-order valence-corrected chi connectivity index (χ0v) is 12.0. The number of anilines is 1. The quantitative estimate of drug-likeness (QED) is 0.509. The molecule has 1 aliphatic rings. The maximum atomic E-state index is 5.93. The van der Waals surface area contributed by atoms with E-state index in [1.165, 1.54) is 24.6 Å². The number of halogens is 2. The number of piperidine rings is 1. The zero-order chi connectivity index (χ0) is 11.4. The van der Waals surface area contributed by atoms with E-state index in [4.69, 9.17) is 11.6 Å². The molecule has 0 aromatic carbocycles. The van der Waals surface area contributed by atoms with E-state index in [1.807, 2.05) is 6.26 Å². The highest BCUT2D eigenvalue weighted by Gasteiger charge is 2.13. The van der Waals surface area contributed by atoms with E-state index in [9.17, 15) is 0 Å². The number of hydrogen-bond acceptors (Lipinski definition) is 5. The zero-order valence-electron chi connectivity index (χ0n) is 9.57. The largest absolute Gasteiger partial charge is 0.366 e. The van der Waals surface area contributed by atoms with Gasteiger partial charge in [0.15, 0.2) is 5.16 Å². The third-order valence-corrected chi connectivity index (χ3v) is 3.25. The number of rotatable bonds is 3. The smallest absolute Gasteiger partial charge is 0.190 e. The van der Waals surface area contributed by atoms with E-state index in [2.05, 4.69) is 20.6 Å². The van der Waals surface area contributed by atoms with Crippen LogP contribution in [0.4, 0.5) is 5.82 Å². The van der Waals surface area contributed by atoms with Gasteiger partial charge in [0.1, 0.15) is 11.0 Å². The van der Waals surface area contributed by atoms with Crippen LogP contribution in [0.1, 0.15) is 12.8 Å². The van der Waals surface area contributed by atoms with Crippen molar-refractivity contribution in [1.29, 1.82) is 0 Å². The molecule has 2 heterocycles. The van der Waals surface area contributed by atoms with Gasteiger partial charge in [0.25, 0.3) is 0 Å². The minimum Gasteiger partial charge on any atom is -0.366 e. The first-order valence-corrected chi connectivity index (χ1v) is 6.94. The highest BCUT2D eigenvalue weighted by atomic mass is 35.5. The van der Waals surface area contributed by atoms with Gasteiger partial charge in [0.2, 0.25) is 0 Å². The van der Waals surface area contributed by atoms with Gasteiger partial charge in [0, 0.05) is 18.7 Å². The highest BCUT2D eigenvalue weighted by Crippen LogP contribution is 2.18. The molecule has 1 fully saturated rings. The molecule has 0 aliphatic carbocycles. The summed E-state index contributed by atoms with van der Waals surface area (Å²) in [6.45, 7) is 2.09. The van der Waals surface area contributed by atoms with Gasteiger partial charge in [-0.1, -0.05) is 23.4 Å². The third kappa shape index (κ3) is 4.50. The Balaban J connectivity index is 0.00000144. The summed E-state index contributed by atoms with van der Waals surface area (Å²) < 4.78 is 0. The number of aromatic nitrogens is 2. The van der Waals surface area contributed by atoms with Gasteiger partial charge >= 0.3 is 0 Å². The lowest BCUT2D eigenvalue weighted by Crippen LogP contribution is -2.38. The predicted molar refractivity (Wildman–Crippen MR) is 75.6 cm³/mol. The second kappa shape index (κ2) is 7.26. The summed E-state index contributed by atoms with van der Waals surface area (Å²) in [6, 6.07) is 2.21. The van der Waals surface area contributed by atoms with E-state index in [0.29, 0.717) is 16.4 Å². The monoisotopic (exact) mass is 294 g/mol. The summed E-state index contributed by atoms with van der Waals surface area (Å²) in [4.78, 5) is 8.48. The maximum absolute atomic E-state index is 5.93. The van der Waals surface area contributed by atoms with Crippen molar-refractivity contribution < 1.29 is 0 Å². The lowest BCUT2D eigenvalue weighted by molar-refractivity contribution is 0.478. The Kier molecular flexibility index (Phi) is 6.33. The van der Waals surface area contributed by atoms with E-state index >= 15 is 0 Å². The molecule has 96 valence electrons. The van der Waals surface area contributed by atoms with Crippen molar-refractivity contribution in [3.8, 4) is 0 Å². The minimum absolute atomic E-state index is 0. The maximum Gasteiger partial charge on any atom is 0.190 e. The molecule has 17 heavy (non-hydrogen) atoms. The molecule has 1 saturated heterocycles. The molecule has 2 N–H and O–H groups in total. The van der Waals surface area contributed by atoms with Crippen LogP contribution in [0.2, 0.25) is 5.15 Å². The molecule has 1 aromatic heterocycles. The van der Waals surface area contributed by atoms with Crippen LogP contribution < -0.4 is 10.6 Å². The second-order valence-corrected chi connectivity index (χ2v) is 4.91. The molecular weight excluding hydrogens is 279 g/mol. The molecule has 0 radical (unpaired) electrons. The fourth-order valence-electron chi connectivity index (χ4n) is 1.75. The second-order valence-electron chi connectivity index (χ2n) is 3.75. The number of nitrogens with zero attached hydrogens (tertiary/aromatic N) is 2. The van der Waals surface area contributed by atoms with Crippen molar-refractivity contribution in [3.63, 3.8) is 0 Å². The Hall–Kier alpha value is -0.230. The van der Waals surface area contributed by atoms with Gasteiger partial charge in [0.05, 0.1) is 0 Å². The first-order chi connectivity index (χ1) is 7.78. The van der Waals surface area contributed by atoms with Crippen LogP contribution in [0.15, 0.2) is 11.2 Å². The van der Waals surface area contributed by atoms with Crippen LogP contribution in [0.3, 0.4) is 0 Å². The molecule has 0 bridgehead atoms. The van der Waals surface area contributed by atoms with Crippen LogP contribution >= 0.6 is 35.8 Å². The van der Waals surface area contributed by atoms with E-state index in [1.54, 1.807) is 6.07 Å². The third-order valence-electron chi connectivity index (χ3n) is 2.51. The number of nitrogens with one attached hydrogen (secondary N) is 2. The van der Waals surface area contributed by atoms with E-state index in [-0.39, 0.29) is 12.4 Å². The summed E-state index contributed by atoms with van der Waals surface area (Å²) >= 11 is 7.42. The Labute approximate surface area is 117 Å². The number of hydrogen-bond donors (Lipinski definition) is 2. The molecule has 0 unspecified atom stereocenters. The average Bonchev–Trinajstić information content (AvgIpc) is 2.29. The summed E-state index contributed by atoms with van der Waals surface area (Å²) in [5, 5.41) is 7.94. The van der Waals surface area contributed by atoms with Gasteiger partial charge in [-0.2, -0.15) is 0 Å². The first-order valence-electron chi connectivity index (χ1n) is 5.34. The van der Waals surface area contributed by atoms with Crippen molar-refractivity contribution in [2.45, 2.75) is 24.0 Å². The molecular formula is C10H16Cl2N4S. The van der Waals surface area contributed by atoms with Crippen LogP contribution in [0, 0.1) is 0 Å². The summed E-state index contributed by atoms with van der Waals surface area (Å²) in [5.74, 6) is 0.818. The van der Waals surface area contributed by atoms with E-state index in [0.717, 1.165) is 18.9 Å². The van der Waals surface area contributed by atoms with Crippen molar-refractivity contribution in [1.82, 2.24) is 15.3 Å². The molecule has 0 saturated carbocycles. The Morgan fingerprint density at radius 3 is 3.00 bits per heavy atom. The molecule has 1 aromatic rings. The van der Waals surface area contributed by atoms with Crippen molar-refractivity contribution in [2.75, 3.05) is 24.7 Å². The Morgan fingerprint density at radius 2 is 2.35 bits per heavy atom. The minimum atomic E-state index is 0. The van der Waals surface area contributed by atoms with Gasteiger partial charge in [-0.05, 0) is 25.6 Å². The first kappa shape index (κ1) is 14.8. The molecule has 4 nitrogen and oxygen atoms in total. The fourth-order valence-corrected chi connectivity index (χ4v) is 2.36. The Bertz CT molecular complexity index is 358. The lowest BCUT2D eigenvalue weighted by Gasteiger charge is -2.24. The summed E-state index contributed by atoms with van der Waals surface area (Å²) in [7, 11) is 0. The fraction of sp³-hybridized carbons (Fsp3) is 0.600. The Morgan fingerprint density at radius 1 is 1.53 bits per heavy atom. The molecule has 0 spiro atoms. The van der Waals surface area contributed by atoms with Gasteiger partial charge < -0.3 is 10.6 Å². The van der Waals surface area contributed by atoms with Gasteiger partial charge in [-0.3, -0.25) is 0 Å². The molecule has 0 amide bonds. The SMILES string of the molecule is CSc1nc(Cl)cc(N[C@@H]2CCCNC2)n1.Cl. The predicted octanol–water partition coefficient (Wildman–Crippen LogP) is 2.44. The van der Waals surface area contributed by atoms with Crippen molar-refractivity contribution >= 4 is 41.6 Å². The molecule has 7 heteroatoms. The molecule has 1 atom stereocenters. The molecule has 2 rings (SSSR count).